The number of rotatable bonds is 4. The highest BCUT2D eigenvalue weighted by molar-refractivity contribution is 5.56. The number of aryl methyl sites for hydroxylation is 2. The third kappa shape index (κ3) is 2.85. The average Bonchev–Trinajstić information content (AvgIpc) is 2.77. The van der Waals surface area contributed by atoms with Gasteiger partial charge < -0.3 is 14.4 Å². The summed E-state index contributed by atoms with van der Waals surface area (Å²) in [5.74, 6) is 0.576. The Morgan fingerprint density at radius 1 is 1.35 bits per heavy atom. The van der Waals surface area contributed by atoms with Crippen molar-refractivity contribution in [1.29, 1.82) is 0 Å². The molecule has 20 heavy (non-hydrogen) atoms. The number of hydrogen-bond acceptors (Lipinski definition) is 3. The van der Waals surface area contributed by atoms with Gasteiger partial charge in [0, 0.05) is 30.4 Å². The third-order valence-corrected chi connectivity index (χ3v) is 3.54. The number of anilines is 1. The van der Waals surface area contributed by atoms with Gasteiger partial charge in [0.05, 0.1) is 12.4 Å². The summed E-state index contributed by atoms with van der Waals surface area (Å²) in [6, 6.07) is 5.10. The van der Waals surface area contributed by atoms with Gasteiger partial charge in [-0.05, 0) is 44.5 Å². The zero-order chi connectivity index (χ0) is 14.9. The van der Waals surface area contributed by atoms with E-state index in [9.17, 15) is 9.50 Å². The smallest absolute Gasteiger partial charge is 0.126 e. The second-order valence-corrected chi connectivity index (χ2v) is 5.19. The minimum atomic E-state index is -0.715. The number of benzene rings is 1. The van der Waals surface area contributed by atoms with Gasteiger partial charge in [0.15, 0.2) is 0 Å². The van der Waals surface area contributed by atoms with Crippen LogP contribution in [0.5, 0.6) is 0 Å². The van der Waals surface area contributed by atoms with Gasteiger partial charge in [-0.25, -0.2) is 4.39 Å². The molecule has 1 aromatic heterocycles. The maximum absolute atomic E-state index is 13.7. The van der Waals surface area contributed by atoms with E-state index in [1.165, 1.54) is 6.07 Å². The summed E-state index contributed by atoms with van der Waals surface area (Å²) in [5, 5.41) is 9.84. The Balaban J connectivity index is 2.36. The number of nitrogens with zero attached hydrogens (tertiary/aromatic N) is 1. The molecule has 0 amide bonds. The summed E-state index contributed by atoms with van der Waals surface area (Å²) >= 11 is 0. The van der Waals surface area contributed by atoms with Crippen molar-refractivity contribution in [2.24, 2.45) is 0 Å². The molecule has 1 aromatic carbocycles. The molecule has 0 aliphatic heterocycles. The first-order valence-electron chi connectivity index (χ1n) is 6.62. The lowest BCUT2D eigenvalue weighted by Gasteiger charge is -2.24. The molecule has 2 aromatic rings. The zero-order valence-corrected chi connectivity index (χ0v) is 12.3. The molecule has 3 nitrogen and oxygen atoms in total. The van der Waals surface area contributed by atoms with Crippen LogP contribution in [0.2, 0.25) is 0 Å². The van der Waals surface area contributed by atoms with Crippen molar-refractivity contribution in [3.63, 3.8) is 0 Å². The fourth-order valence-electron chi connectivity index (χ4n) is 2.26. The Morgan fingerprint density at radius 2 is 2.05 bits per heavy atom. The lowest BCUT2D eigenvalue weighted by molar-refractivity contribution is 0.199. The van der Waals surface area contributed by atoms with Crippen molar-refractivity contribution < 1.29 is 13.9 Å². The number of hydrogen-bond donors (Lipinski definition) is 1. The summed E-state index contributed by atoms with van der Waals surface area (Å²) in [7, 11) is 1.92. The van der Waals surface area contributed by atoms with E-state index in [4.69, 9.17) is 4.42 Å². The van der Waals surface area contributed by atoms with Crippen LogP contribution in [0.1, 0.15) is 35.5 Å². The summed E-state index contributed by atoms with van der Waals surface area (Å²) in [6.45, 7) is 5.92. The van der Waals surface area contributed by atoms with Crippen molar-refractivity contribution in [2.75, 3.05) is 11.9 Å². The van der Waals surface area contributed by atoms with Crippen LogP contribution in [0.25, 0.3) is 0 Å². The van der Waals surface area contributed by atoms with Gasteiger partial charge in [-0.2, -0.15) is 0 Å². The monoisotopic (exact) mass is 277 g/mol. The van der Waals surface area contributed by atoms with Crippen LogP contribution in [0.4, 0.5) is 10.1 Å². The first kappa shape index (κ1) is 14.6. The Labute approximate surface area is 118 Å². The fraction of sp³-hybridized carbons (Fsp3) is 0.375. The van der Waals surface area contributed by atoms with E-state index in [1.807, 2.05) is 24.9 Å². The predicted molar refractivity (Wildman–Crippen MR) is 77.3 cm³/mol. The zero-order valence-electron chi connectivity index (χ0n) is 12.3. The van der Waals surface area contributed by atoms with E-state index in [0.29, 0.717) is 17.7 Å². The van der Waals surface area contributed by atoms with Crippen LogP contribution in [0.15, 0.2) is 28.9 Å². The molecule has 1 heterocycles. The van der Waals surface area contributed by atoms with Crippen molar-refractivity contribution >= 4 is 5.69 Å². The molecular weight excluding hydrogens is 257 g/mol. The third-order valence-electron chi connectivity index (χ3n) is 3.54. The van der Waals surface area contributed by atoms with Gasteiger partial charge in [0.25, 0.3) is 0 Å². The van der Waals surface area contributed by atoms with Crippen LogP contribution in [0.3, 0.4) is 0 Å². The lowest BCUT2D eigenvalue weighted by atomic mass is 10.0. The molecule has 0 saturated carbocycles. The molecule has 0 fully saturated rings. The van der Waals surface area contributed by atoms with Crippen LogP contribution < -0.4 is 4.90 Å². The first-order chi connectivity index (χ1) is 9.40. The van der Waals surface area contributed by atoms with E-state index in [2.05, 4.69) is 0 Å². The molecule has 108 valence electrons. The lowest BCUT2D eigenvalue weighted by Crippen LogP contribution is -2.19. The first-order valence-corrected chi connectivity index (χ1v) is 6.62. The second kappa shape index (κ2) is 5.67. The largest absolute Gasteiger partial charge is 0.469 e. The normalized spacial score (nSPS) is 12.5. The highest BCUT2D eigenvalue weighted by Crippen LogP contribution is 2.30. The fourth-order valence-corrected chi connectivity index (χ4v) is 2.26. The van der Waals surface area contributed by atoms with E-state index >= 15 is 0 Å². The molecule has 1 atom stereocenters. The van der Waals surface area contributed by atoms with E-state index in [0.717, 1.165) is 17.0 Å². The minimum Gasteiger partial charge on any atom is -0.469 e. The molecule has 1 N–H and O–H groups in total. The Morgan fingerprint density at radius 3 is 2.60 bits per heavy atom. The SMILES string of the molecule is Cc1cc(N(C)Cc2ccoc2C)c([C@@H](C)O)cc1F. The van der Waals surface area contributed by atoms with Gasteiger partial charge in [-0.15, -0.1) is 0 Å². The highest BCUT2D eigenvalue weighted by Gasteiger charge is 2.16. The summed E-state index contributed by atoms with van der Waals surface area (Å²) in [6.07, 6.45) is 0.942. The summed E-state index contributed by atoms with van der Waals surface area (Å²) in [5.41, 5.74) is 3.07. The second-order valence-electron chi connectivity index (χ2n) is 5.19. The van der Waals surface area contributed by atoms with Gasteiger partial charge in [-0.3, -0.25) is 0 Å². The molecule has 0 aliphatic rings. The number of aliphatic hydroxyl groups excluding tert-OH is 1. The molecule has 0 bridgehead atoms. The Kier molecular flexibility index (Phi) is 4.14. The van der Waals surface area contributed by atoms with Crippen LogP contribution in [-0.2, 0) is 6.54 Å². The highest BCUT2D eigenvalue weighted by atomic mass is 19.1. The van der Waals surface area contributed by atoms with E-state index < -0.39 is 6.10 Å². The maximum atomic E-state index is 13.7. The predicted octanol–water partition coefficient (Wildman–Crippen LogP) is 3.73. The van der Waals surface area contributed by atoms with Crippen molar-refractivity contribution in [3.8, 4) is 0 Å². The van der Waals surface area contributed by atoms with Crippen LogP contribution in [0, 0.1) is 19.7 Å². The topological polar surface area (TPSA) is 36.6 Å². The maximum Gasteiger partial charge on any atom is 0.126 e. The molecule has 0 spiro atoms. The molecule has 4 heteroatoms. The number of aliphatic hydroxyl groups is 1. The molecule has 0 saturated heterocycles. The standard InChI is InChI=1S/C16H20FNO2/c1-10-7-16(14(11(2)19)8-15(10)17)18(4)9-13-5-6-20-12(13)3/h5-8,11,19H,9H2,1-4H3/t11-/m1/s1. The van der Waals surface area contributed by atoms with Crippen molar-refractivity contribution in [1.82, 2.24) is 0 Å². The van der Waals surface area contributed by atoms with Crippen LogP contribution >= 0.6 is 0 Å². The molecule has 0 unspecified atom stereocenters. The molecule has 0 aliphatic carbocycles. The average molecular weight is 277 g/mol. The summed E-state index contributed by atoms with van der Waals surface area (Å²) in [4.78, 5) is 1.99. The van der Waals surface area contributed by atoms with Crippen molar-refractivity contribution in [2.45, 2.75) is 33.4 Å². The van der Waals surface area contributed by atoms with Crippen molar-refractivity contribution in [3.05, 3.63) is 52.7 Å². The number of halogens is 1. The van der Waals surface area contributed by atoms with Gasteiger partial charge >= 0.3 is 0 Å². The van der Waals surface area contributed by atoms with Gasteiger partial charge in [0.1, 0.15) is 11.6 Å². The molecular formula is C16H20FNO2. The van der Waals surface area contributed by atoms with Crippen LogP contribution in [-0.4, -0.2) is 12.2 Å². The molecule has 2 rings (SSSR count). The van der Waals surface area contributed by atoms with E-state index in [-0.39, 0.29) is 5.82 Å². The Hall–Kier alpha value is -1.81. The quantitative estimate of drug-likeness (QED) is 0.925. The van der Waals surface area contributed by atoms with E-state index in [1.54, 1.807) is 26.2 Å². The number of furan rings is 1. The Bertz CT molecular complexity index is 605. The summed E-state index contributed by atoms with van der Waals surface area (Å²) < 4.78 is 19.0. The van der Waals surface area contributed by atoms with Gasteiger partial charge in [-0.1, -0.05) is 0 Å². The molecule has 0 radical (unpaired) electrons. The van der Waals surface area contributed by atoms with Gasteiger partial charge in [0.2, 0.25) is 0 Å². The minimum absolute atomic E-state index is 0.294.